The molecular formula is C11H23BO2. The second-order valence-corrected chi connectivity index (χ2v) is 5.61. The third-order valence-corrected chi connectivity index (χ3v) is 2.76. The van der Waals surface area contributed by atoms with Crippen molar-refractivity contribution in [1.29, 1.82) is 0 Å². The first-order valence-electron chi connectivity index (χ1n) is 5.29. The van der Waals surface area contributed by atoms with E-state index in [1.54, 1.807) is 0 Å². The zero-order valence-electron chi connectivity index (χ0n) is 10.4. The predicted molar refractivity (Wildman–Crippen MR) is 62.2 cm³/mol. The van der Waals surface area contributed by atoms with Crippen molar-refractivity contribution < 1.29 is 9.53 Å². The smallest absolute Gasteiger partial charge is 0.306 e. The number of carbonyl (C=O) groups is 1. The van der Waals surface area contributed by atoms with Gasteiger partial charge in [0.2, 0.25) is 0 Å². The molecule has 0 spiro atoms. The van der Waals surface area contributed by atoms with E-state index in [4.69, 9.17) is 4.74 Å². The molecule has 3 heteroatoms. The molecule has 0 heterocycles. The molecule has 0 aliphatic rings. The minimum atomic E-state index is -0.109. The molecule has 0 aliphatic carbocycles. The molecule has 0 radical (unpaired) electrons. The van der Waals surface area contributed by atoms with Crippen LogP contribution in [0.15, 0.2) is 0 Å². The van der Waals surface area contributed by atoms with E-state index in [1.807, 2.05) is 0 Å². The van der Waals surface area contributed by atoms with Gasteiger partial charge in [0.25, 0.3) is 0 Å². The van der Waals surface area contributed by atoms with Gasteiger partial charge in [-0.15, -0.1) is 0 Å². The van der Waals surface area contributed by atoms with Crippen LogP contribution in [-0.2, 0) is 9.53 Å². The Morgan fingerprint density at radius 2 is 1.71 bits per heavy atom. The van der Waals surface area contributed by atoms with Gasteiger partial charge in [0.15, 0.2) is 0 Å². The van der Waals surface area contributed by atoms with Crippen molar-refractivity contribution in [3.05, 3.63) is 0 Å². The highest BCUT2D eigenvalue weighted by Gasteiger charge is 2.29. The van der Waals surface area contributed by atoms with E-state index in [1.165, 1.54) is 7.11 Å². The summed E-state index contributed by atoms with van der Waals surface area (Å²) in [5, 5.41) is 0. The first-order valence-corrected chi connectivity index (χ1v) is 5.29. The lowest BCUT2D eigenvalue weighted by atomic mass is 9.68. The average Bonchev–Trinajstić information content (AvgIpc) is 2.01. The number of methoxy groups -OCH3 is 1. The number of ether oxygens (including phenoxy) is 1. The van der Waals surface area contributed by atoms with Gasteiger partial charge in [-0.25, -0.2) is 0 Å². The molecule has 82 valence electrons. The summed E-state index contributed by atoms with van der Waals surface area (Å²) in [5.74, 6) is -0.109. The average molecular weight is 198 g/mol. The fraction of sp³-hybridized carbons (Fsp3) is 0.909. The zero-order valence-corrected chi connectivity index (χ0v) is 10.4. The summed E-state index contributed by atoms with van der Waals surface area (Å²) >= 11 is 0. The molecule has 0 N–H and O–H groups in total. The molecule has 0 fully saturated rings. The summed E-state index contributed by atoms with van der Waals surface area (Å²) in [6.45, 7) is 8.74. The Labute approximate surface area is 88.8 Å². The molecule has 0 unspecified atom stereocenters. The first-order chi connectivity index (χ1) is 6.22. The molecule has 0 amide bonds. The van der Waals surface area contributed by atoms with Crippen molar-refractivity contribution in [2.45, 2.75) is 46.9 Å². The Hall–Kier alpha value is -0.465. The lowest BCUT2D eigenvalue weighted by Gasteiger charge is -2.33. The Kier molecular flexibility index (Phi) is 4.69. The minimum Gasteiger partial charge on any atom is -0.469 e. The van der Waals surface area contributed by atoms with E-state index in [0.717, 1.165) is 12.7 Å². The Balaban J connectivity index is 4.26. The maximum Gasteiger partial charge on any atom is 0.306 e. The highest BCUT2D eigenvalue weighted by molar-refractivity contribution is 6.08. The van der Waals surface area contributed by atoms with Crippen molar-refractivity contribution in [3.63, 3.8) is 0 Å². The van der Waals surface area contributed by atoms with Gasteiger partial charge in [-0.1, -0.05) is 34.0 Å². The molecule has 0 bridgehead atoms. The fourth-order valence-corrected chi connectivity index (χ4v) is 1.95. The highest BCUT2D eigenvalue weighted by Crippen LogP contribution is 2.38. The number of hydrogen-bond donors (Lipinski definition) is 0. The monoisotopic (exact) mass is 198 g/mol. The van der Waals surface area contributed by atoms with Crippen molar-refractivity contribution in [3.8, 4) is 0 Å². The van der Waals surface area contributed by atoms with Gasteiger partial charge in [-0.2, -0.15) is 0 Å². The number of esters is 1. The molecule has 0 rings (SSSR count). The summed E-state index contributed by atoms with van der Waals surface area (Å²) in [7, 11) is 3.64. The van der Waals surface area contributed by atoms with E-state index in [9.17, 15) is 4.79 Å². The van der Waals surface area contributed by atoms with Crippen molar-refractivity contribution in [2.75, 3.05) is 7.11 Å². The summed E-state index contributed by atoms with van der Waals surface area (Å²) in [6.07, 6.45) is 2.69. The van der Waals surface area contributed by atoms with Gasteiger partial charge >= 0.3 is 5.97 Å². The van der Waals surface area contributed by atoms with Crippen LogP contribution in [0.1, 0.15) is 40.5 Å². The van der Waals surface area contributed by atoms with Crippen molar-refractivity contribution in [2.24, 2.45) is 10.8 Å². The normalized spacial score (nSPS) is 12.6. The van der Waals surface area contributed by atoms with Crippen molar-refractivity contribution >= 4 is 13.8 Å². The Morgan fingerprint density at radius 1 is 1.21 bits per heavy atom. The van der Waals surface area contributed by atoms with E-state index in [-0.39, 0.29) is 11.4 Å². The topological polar surface area (TPSA) is 26.3 Å². The van der Waals surface area contributed by atoms with Gasteiger partial charge in [0.1, 0.15) is 7.85 Å². The van der Waals surface area contributed by atoms with Crippen LogP contribution in [0.3, 0.4) is 0 Å². The van der Waals surface area contributed by atoms with Crippen molar-refractivity contribution in [1.82, 2.24) is 0 Å². The van der Waals surface area contributed by atoms with Crippen LogP contribution < -0.4 is 0 Å². The van der Waals surface area contributed by atoms with Gasteiger partial charge in [-0.05, 0) is 17.3 Å². The van der Waals surface area contributed by atoms with Crippen LogP contribution in [-0.4, -0.2) is 20.9 Å². The SMILES string of the molecule is BCC(C)(C)CC(C)(C)CC(=O)OC. The maximum absolute atomic E-state index is 11.2. The van der Waals surface area contributed by atoms with E-state index in [2.05, 4.69) is 35.5 Å². The number of hydrogen-bond acceptors (Lipinski definition) is 2. The molecule has 14 heavy (non-hydrogen) atoms. The standard InChI is InChI=1S/C11H23BO2/c1-10(2,6-9(13)14-5)7-11(3,4)8-12/h6-8,12H2,1-5H3. The molecule has 0 aromatic carbocycles. The zero-order chi connectivity index (χ0) is 11.4. The molecular weight excluding hydrogens is 175 g/mol. The molecule has 0 aromatic rings. The van der Waals surface area contributed by atoms with Gasteiger partial charge < -0.3 is 4.74 Å². The quantitative estimate of drug-likeness (QED) is 0.499. The van der Waals surface area contributed by atoms with Crippen LogP contribution >= 0.6 is 0 Å². The van der Waals surface area contributed by atoms with Crippen LogP contribution in [0.25, 0.3) is 0 Å². The first kappa shape index (κ1) is 13.5. The van der Waals surface area contributed by atoms with Crippen LogP contribution in [0.2, 0.25) is 6.32 Å². The molecule has 0 saturated carbocycles. The number of carbonyl (C=O) groups excluding carboxylic acids is 1. The summed E-state index contributed by atoms with van der Waals surface area (Å²) in [4.78, 5) is 11.2. The van der Waals surface area contributed by atoms with E-state index in [0.29, 0.717) is 11.8 Å². The van der Waals surface area contributed by atoms with Crippen LogP contribution in [0, 0.1) is 10.8 Å². The predicted octanol–water partition coefficient (Wildman–Crippen LogP) is 2.04. The lowest BCUT2D eigenvalue weighted by Crippen LogP contribution is -2.25. The third kappa shape index (κ3) is 5.30. The third-order valence-electron chi connectivity index (χ3n) is 2.76. The molecule has 0 aliphatic heterocycles. The Bertz CT molecular complexity index is 197. The van der Waals surface area contributed by atoms with Gasteiger partial charge in [-0.3, -0.25) is 4.79 Å². The van der Waals surface area contributed by atoms with Gasteiger partial charge in [0.05, 0.1) is 13.5 Å². The molecule has 0 atom stereocenters. The van der Waals surface area contributed by atoms with Crippen LogP contribution in [0.5, 0.6) is 0 Å². The number of rotatable bonds is 5. The summed E-state index contributed by atoms with van der Waals surface area (Å²) in [6, 6.07) is 0. The Morgan fingerprint density at radius 3 is 2.07 bits per heavy atom. The van der Waals surface area contributed by atoms with Crippen LogP contribution in [0.4, 0.5) is 0 Å². The fourth-order valence-electron chi connectivity index (χ4n) is 1.95. The lowest BCUT2D eigenvalue weighted by molar-refractivity contribution is -0.143. The molecule has 2 nitrogen and oxygen atoms in total. The van der Waals surface area contributed by atoms with Gasteiger partial charge in [0, 0.05) is 0 Å². The largest absolute Gasteiger partial charge is 0.469 e. The molecule has 0 saturated heterocycles. The molecule has 0 aromatic heterocycles. The second-order valence-electron chi connectivity index (χ2n) is 5.61. The van der Waals surface area contributed by atoms with E-state index < -0.39 is 0 Å². The summed E-state index contributed by atoms with van der Waals surface area (Å²) in [5.41, 5.74) is 0.337. The second kappa shape index (κ2) is 4.85. The minimum absolute atomic E-state index is 0.0343. The van der Waals surface area contributed by atoms with E-state index >= 15 is 0 Å². The highest BCUT2D eigenvalue weighted by atomic mass is 16.5. The summed E-state index contributed by atoms with van der Waals surface area (Å²) < 4.78 is 4.70. The maximum atomic E-state index is 11.2.